The average Bonchev–Trinajstić information content (AvgIpc) is 2.63. The molecule has 0 bridgehead atoms. The molecule has 4 nitrogen and oxygen atoms in total. The van der Waals surface area contributed by atoms with E-state index in [2.05, 4.69) is 15.3 Å². The fraction of sp³-hybridized carbons (Fsp3) is 0.158. The zero-order valence-corrected chi connectivity index (χ0v) is 15.1. The van der Waals surface area contributed by atoms with Crippen molar-refractivity contribution in [3.8, 4) is 0 Å². The van der Waals surface area contributed by atoms with Crippen LogP contribution >= 0.6 is 11.6 Å². The molecule has 0 spiro atoms. The van der Waals surface area contributed by atoms with Gasteiger partial charge in [0.1, 0.15) is 5.82 Å². The second-order valence-electron chi connectivity index (χ2n) is 5.90. The predicted molar refractivity (Wildman–Crippen MR) is 100 cm³/mol. The molecular formula is C19H16ClF3N4. The lowest BCUT2D eigenvalue weighted by Crippen LogP contribution is -2.19. The summed E-state index contributed by atoms with van der Waals surface area (Å²) in [5, 5.41) is 2.72. The Hall–Kier alpha value is -2.80. The third kappa shape index (κ3) is 4.89. The smallest absolute Gasteiger partial charge is 0.340 e. The van der Waals surface area contributed by atoms with Crippen molar-refractivity contribution in [3.63, 3.8) is 0 Å². The number of halogens is 4. The molecule has 1 aromatic heterocycles. The summed E-state index contributed by atoms with van der Waals surface area (Å²) in [6.07, 6.45) is -3.04. The first-order valence-corrected chi connectivity index (χ1v) is 8.42. The van der Waals surface area contributed by atoms with Crippen LogP contribution < -0.4 is 10.2 Å². The Balaban J connectivity index is 1.83. The van der Waals surface area contributed by atoms with Gasteiger partial charge in [0.2, 0.25) is 5.95 Å². The van der Waals surface area contributed by atoms with Crippen LogP contribution in [0.1, 0.15) is 11.1 Å². The van der Waals surface area contributed by atoms with Crippen molar-refractivity contribution in [1.82, 2.24) is 9.97 Å². The molecule has 3 aromatic rings. The highest BCUT2D eigenvalue weighted by molar-refractivity contribution is 6.30. The van der Waals surface area contributed by atoms with E-state index in [9.17, 15) is 13.2 Å². The maximum Gasteiger partial charge on any atom is 0.418 e. The molecular weight excluding hydrogens is 377 g/mol. The minimum absolute atomic E-state index is 0.0128. The molecule has 8 heteroatoms. The fourth-order valence-electron chi connectivity index (χ4n) is 2.53. The molecule has 0 fully saturated rings. The molecule has 1 heterocycles. The van der Waals surface area contributed by atoms with Gasteiger partial charge >= 0.3 is 6.18 Å². The lowest BCUT2D eigenvalue weighted by molar-refractivity contribution is -0.136. The number of alkyl halides is 3. The largest absolute Gasteiger partial charge is 0.418 e. The number of hydrogen-bond donors (Lipinski definition) is 1. The Bertz CT molecular complexity index is 916. The number of aromatic nitrogens is 2. The third-order valence-electron chi connectivity index (χ3n) is 3.80. The van der Waals surface area contributed by atoms with Gasteiger partial charge in [-0.2, -0.15) is 18.2 Å². The number of rotatable bonds is 5. The maximum atomic E-state index is 13.2. The first-order chi connectivity index (χ1) is 12.8. The molecule has 0 atom stereocenters. The van der Waals surface area contributed by atoms with Crippen LogP contribution in [0.4, 0.5) is 30.6 Å². The van der Waals surface area contributed by atoms with Crippen molar-refractivity contribution < 1.29 is 13.2 Å². The number of hydrogen-bond acceptors (Lipinski definition) is 4. The minimum Gasteiger partial charge on any atom is -0.340 e. The lowest BCUT2D eigenvalue weighted by atomic mass is 10.1. The molecule has 0 radical (unpaired) electrons. The van der Waals surface area contributed by atoms with Crippen LogP contribution in [0.5, 0.6) is 0 Å². The van der Waals surface area contributed by atoms with Crippen LogP contribution in [-0.4, -0.2) is 17.0 Å². The highest BCUT2D eigenvalue weighted by Gasteiger charge is 2.34. The molecule has 1 N–H and O–H groups in total. The summed E-state index contributed by atoms with van der Waals surface area (Å²) in [6.45, 7) is 0.568. The zero-order chi connectivity index (χ0) is 19.4. The summed E-state index contributed by atoms with van der Waals surface area (Å²) in [4.78, 5) is 10.3. The molecule has 0 aliphatic rings. The quantitative estimate of drug-likeness (QED) is 0.620. The van der Waals surface area contributed by atoms with Crippen molar-refractivity contribution in [1.29, 1.82) is 0 Å². The van der Waals surface area contributed by atoms with Crippen molar-refractivity contribution in [2.45, 2.75) is 12.7 Å². The molecule has 3 rings (SSSR count). The summed E-state index contributed by atoms with van der Waals surface area (Å²) in [5.41, 5.74) is 0.0917. The van der Waals surface area contributed by atoms with Crippen molar-refractivity contribution in [2.24, 2.45) is 0 Å². The predicted octanol–water partition coefficient (Wildman–Crippen LogP) is 5.53. The van der Waals surface area contributed by atoms with Gasteiger partial charge in [-0.25, -0.2) is 4.98 Å². The van der Waals surface area contributed by atoms with E-state index in [0.29, 0.717) is 12.5 Å². The van der Waals surface area contributed by atoms with Gasteiger partial charge in [-0.05, 0) is 29.8 Å². The molecule has 0 amide bonds. The standard InChI is InChI=1S/C19H16ClF3N4/c1-27(12-13-5-3-2-4-6-13)18-24-10-9-17(26-18)25-16-8-7-14(20)11-15(16)19(21,22)23/h2-11H,12H2,1H3,(H,24,25,26). The van der Waals surface area contributed by atoms with E-state index in [4.69, 9.17) is 11.6 Å². The van der Waals surface area contributed by atoms with E-state index in [-0.39, 0.29) is 16.5 Å². The van der Waals surface area contributed by atoms with Gasteiger partial charge < -0.3 is 10.2 Å². The van der Waals surface area contributed by atoms with Gasteiger partial charge in [-0.15, -0.1) is 0 Å². The van der Waals surface area contributed by atoms with Gasteiger partial charge in [0.25, 0.3) is 0 Å². The van der Waals surface area contributed by atoms with Crippen LogP contribution in [0.2, 0.25) is 5.02 Å². The highest BCUT2D eigenvalue weighted by atomic mass is 35.5. The maximum absolute atomic E-state index is 13.2. The van der Waals surface area contributed by atoms with Gasteiger partial charge in [-0.3, -0.25) is 0 Å². The van der Waals surface area contributed by atoms with Crippen molar-refractivity contribution in [2.75, 3.05) is 17.3 Å². The lowest BCUT2D eigenvalue weighted by Gasteiger charge is -2.18. The number of nitrogens with zero attached hydrogens (tertiary/aromatic N) is 3. The van der Waals surface area contributed by atoms with Gasteiger partial charge in [0.05, 0.1) is 11.3 Å². The molecule has 0 saturated heterocycles. The van der Waals surface area contributed by atoms with E-state index in [1.807, 2.05) is 42.3 Å². The number of nitrogens with one attached hydrogen (secondary N) is 1. The van der Waals surface area contributed by atoms with E-state index >= 15 is 0 Å². The Morgan fingerprint density at radius 2 is 1.81 bits per heavy atom. The monoisotopic (exact) mass is 392 g/mol. The summed E-state index contributed by atoms with van der Waals surface area (Å²) < 4.78 is 39.7. The van der Waals surface area contributed by atoms with E-state index in [1.54, 1.807) is 0 Å². The van der Waals surface area contributed by atoms with E-state index in [0.717, 1.165) is 11.6 Å². The second kappa shape index (κ2) is 7.84. The Morgan fingerprint density at radius 1 is 1.07 bits per heavy atom. The third-order valence-corrected chi connectivity index (χ3v) is 4.03. The molecule has 0 saturated carbocycles. The van der Waals surface area contributed by atoms with Gasteiger partial charge in [-0.1, -0.05) is 41.9 Å². The van der Waals surface area contributed by atoms with Crippen molar-refractivity contribution >= 4 is 29.1 Å². The van der Waals surface area contributed by atoms with Crippen LogP contribution in [0.3, 0.4) is 0 Å². The second-order valence-corrected chi connectivity index (χ2v) is 6.33. The summed E-state index contributed by atoms with van der Waals surface area (Å²) in [6, 6.07) is 14.8. The number of anilines is 3. The van der Waals surface area contributed by atoms with Gasteiger partial charge in [0.15, 0.2) is 0 Å². The molecule has 140 valence electrons. The SMILES string of the molecule is CN(Cc1ccccc1)c1nccc(Nc2ccc(Cl)cc2C(F)(F)F)n1. The fourth-order valence-corrected chi connectivity index (χ4v) is 2.70. The first-order valence-electron chi connectivity index (χ1n) is 8.05. The van der Waals surface area contributed by atoms with Crippen LogP contribution in [-0.2, 0) is 12.7 Å². The normalized spacial score (nSPS) is 11.3. The summed E-state index contributed by atoms with van der Waals surface area (Å²) >= 11 is 5.71. The zero-order valence-electron chi connectivity index (χ0n) is 14.3. The molecule has 0 unspecified atom stereocenters. The van der Waals surface area contributed by atoms with E-state index < -0.39 is 11.7 Å². The summed E-state index contributed by atoms with van der Waals surface area (Å²) in [7, 11) is 1.82. The number of benzene rings is 2. The van der Waals surface area contributed by atoms with Crippen LogP contribution in [0, 0.1) is 0 Å². The highest BCUT2D eigenvalue weighted by Crippen LogP contribution is 2.37. The summed E-state index contributed by atoms with van der Waals surface area (Å²) in [5.74, 6) is 0.652. The Morgan fingerprint density at radius 3 is 2.52 bits per heavy atom. The Kier molecular flexibility index (Phi) is 5.51. The molecule has 2 aromatic carbocycles. The average molecular weight is 393 g/mol. The van der Waals surface area contributed by atoms with E-state index in [1.165, 1.54) is 24.4 Å². The minimum atomic E-state index is -4.53. The molecule has 27 heavy (non-hydrogen) atoms. The molecule has 0 aliphatic heterocycles. The van der Waals surface area contributed by atoms with Gasteiger partial charge in [0, 0.05) is 24.8 Å². The topological polar surface area (TPSA) is 41.1 Å². The molecule has 0 aliphatic carbocycles. The Labute approximate surface area is 159 Å². The van der Waals surface area contributed by atoms with Crippen molar-refractivity contribution in [3.05, 3.63) is 76.9 Å². The van der Waals surface area contributed by atoms with Crippen LogP contribution in [0.25, 0.3) is 0 Å². The van der Waals surface area contributed by atoms with Crippen LogP contribution in [0.15, 0.2) is 60.8 Å². The first kappa shape index (κ1) is 19.0.